The van der Waals surface area contributed by atoms with E-state index in [0.717, 1.165) is 0 Å². The smallest absolute Gasteiger partial charge is 0.256 e. The first-order chi connectivity index (χ1) is 10.1. The fourth-order valence-electron chi connectivity index (χ4n) is 2.15. The maximum Gasteiger partial charge on any atom is 0.256 e. The molecule has 0 radical (unpaired) electrons. The van der Waals surface area contributed by atoms with E-state index < -0.39 is 6.10 Å². The van der Waals surface area contributed by atoms with Gasteiger partial charge in [-0.1, -0.05) is 0 Å². The third kappa shape index (κ3) is 3.01. The summed E-state index contributed by atoms with van der Waals surface area (Å²) in [6.45, 7) is 0.954. The van der Waals surface area contributed by atoms with Crippen molar-refractivity contribution in [1.82, 2.24) is 4.90 Å². The molecule has 1 heterocycles. The molecule has 1 aromatic carbocycles. The normalized spacial score (nSPS) is 18.0. The first-order valence-electron chi connectivity index (χ1n) is 6.42. The summed E-state index contributed by atoms with van der Waals surface area (Å²) >= 11 is 0. The van der Waals surface area contributed by atoms with Gasteiger partial charge in [0.05, 0.1) is 44.7 Å². The van der Waals surface area contributed by atoms with Gasteiger partial charge >= 0.3 is 0 Å². The van der Waals surface area contributed by atoms with Crippen LogP contribution in [0.25, 0.3) is 0 Å². The third-order valence-corrected chi connectivity index (χ3v) is 3.30. The summed E-state index contributed by atoms with van der Waals surface area (Å²) in [7, 11) is 2.97. The number of ether oxygens (including phenoxy) is 3. The van der Waals surface area contributed by atoms with Gasteiger partial charge in [-0.3, -0.25) is 4.79 Å². The molecule has 1 fully saturated rings. The minimum Gasteiger partial charge on any atom is -0.497 e. The van der Waals surface area contributed by atoms with Crippen molar-refractivity contribution < 1.29 is 19.0 Å². The van der Waals surface area contributed by atoms with Gasteiger partial charge in [0, 0.05) is 12.6 Å². The number of carbonyl (C=O) groups excluding carboxylic acids is 1. The molecule has 2 N–H and O–H groups in total. The molecule has 7 nitrogen and oxygen atoms in total. The number of carbonyl (C=O) groups is 1. The summed E-state index contributed by atoms with van der Waals surface area (Å²) < 4.78 is 15.5. The Bertz CT molecular complexity index is 582. The molecule has 1 unspecified atom stereocenters. The van der Waals surface area contributed by atoms with Crippen LogP contribution in [0.2, 0.25) is 0 Å². The Kier molecular flexibility index (Phi) is 4.50. The lowest BCUT2D eigenvalue weighted by Gasteiger charge is -2.30. The number of amides is 1. The first-order valence-corrected chi connectivity index (χ1v) is 6.42. The number of nitrogens with two attached hydrogens (primary N) is 1. The summed E-state index contributed by atoms with van der Waals surface area (Å²) in [5, 5.41) is 8.90. The summed E-state index contributed by atoms with van der Waals surface area (Å²) in [5.74, 6) is 0.588. The lowest BCUT2D eigenvalue weighted by Crippen LogP contribution is -2.45. The number of morpholine rings is 1. The van der Waals surface area contributed by atoms with E-state index in [2.05, 4.69) is 0 Å². The highest BCUT2D eigenvalue weighted by atomic mass is 16.5. The molecule has 1 aliphatic heterocycles. The number of nitrogens with zero attached hydrogens (tertiary/aromatic N) is 2. The van der Waals surface area contributed by atoms with Gasteiger partial charge in [-0.2, -0.15) is 5.26 Å². The Balaban J connectivity index is 2.32. The van der Waals surface area contributed by atoms with E-state index in [-0.39, 0.29) is 18.1 Å². The van der Waals surface area contributed by atoms with Crippen molar-refractivity contribution in [1.29, 1.82) is 5.26 Å². The number of nitrogen functional groups attached to an aromatic ring is 1. The van der Waals surface area contributed by atoms with Crippen molar-refractivity contribution in [3.63, 3.8) is 0 Å². The van der Waals surface area contributed by atoms with Gasteiger partial charge in [0.1, 0.15) is 11.5 Å². The Morgan fingerprint density at radius 1 is 1.48 bits per heavy atom. The summed E-state index contributed by atoms with van der Waals surface area (Å²) in [4.78, 5) is 14.1. The van der Waals surface area contributed by atoms with Gasteiger partial charge in [-0.15, -0.1) is 0 Å². The zero-order valence-electron chi connectivity index (χ0n) is 12.0. The number of anilines is 1. The van der Waals surface area contributed by atoms with E-state index in [4.69, 9.17) is 25.2 Å². The topological polar surface area (TPSA) is 97.8 Å². The molecule has 0 saturated carbocycles. The highest BCUT2D eigenvalue weighted by Crippen LogP contribution is 2.32. The predicted octanol–water partition coefficient (Wildman–Crippen LogP) is 0.651. The standard InChI is InChI=1S/C14H17N3O4/c1-19-9-5-11(13(16)12(6-9)20-2)14(18)17-3-4-21-10(7-15)8-17/h5-6,10H,3-4,8,16H2,1-2H3. The second kappa shape index (κ2) is 6.33. The number of nitriles is 1. The molecule has 0 aromatic heterocycles. The zero-order valence-corrected chi connectivity index (χ0v) is 12.0. The van der Waals surface area contributed by atoms with Crippen LogP contribution < -0.4 is 15.2 Å². The number of benzene rings is 1. The van der Waals surface area contributed by atoms with Crippen molar-refractivity contribution in [3.05, 3.63) is 17.7 Å². The first kappa shape index (κ1) is 14.9. The lowest BCUT2D eigenvalue weighted by molar-refractivity contribution is 0.00349. The quantitative estimate of drug-likeness (QED) is 0.821. The Morgan fingerprint density at radius 3 is 2.86 bits per heavy atom. The lowest BCUT2D eigenvalue weighted by atomic mass is 10.1. The molecular formula is C14H17N3O4. The Morgan fingerprint density at radius 2 is 2.24 bits per heavy atom. The van der Waals surface area contributed by atoms with Crippen molar-refractivity contribution >= 4 is 11.6 Å². The fourth-order valence-corrected chi connectivity index (χ4v) is 2.15. The summed E-state index contributed by atoms with van der Waals surface area (Å²) in [6.07, 6.45) is -0.614. The molecule has 2 rings (SSSR count). The molecule has 7 heteroatoms. The number of hydrogen-bond acceptors (Lipinski definition) is 6. The predicted molar refractivity (Wildman–Crippen MR) is 75.2 cm³/mol. The van der Waals surface area contributed by atoms with E-state index in [0.29, 0.717) is 30.2 Å². The van der Waals surface area contributed by atoms with Crippen LogP contribution in [0.1, 0.15) is 10.4 Å². The van der Waals surface area contributed by atoms with Crippen molar-refractivity contribution in [2.45, 2.75) is 6.10 Å². The third-order valence-electron chi connectivity index (χ3n) is 3.30. The van der Waals surface area contributed by atoms with Crippen LogP contribution >= 0.6 is 0 Å². The number of methoxy groups -OCH3 is 2. The molecule has 1 amide bonds. The van der Waals surface area contributed by atoms with Crippen molar-refractivity contribution in [2.75, 3.05) is 39.6 Å². The molecule has 1 saturated heterocycles. The average Bonchev–Trinajstić information content (AvgIpc) is 2.54. The Labute approximate surface area is 122 Å². The molecule has 0 spiro atoms. The minimum atomic E-state index is -0.614. The Hall–Kier alpha value is -2.46. The second-order valence-corrected chi connectivity index (χ2v) is 4.53. The van der Waals surface area contributed by atoms with Crippen LogP contribution in [0.3, 0.4) is 0 Å². The van der Waals surface area contributed by atoms with Crippen molar-refractivity contribution in [2.24, 2.45) is 0 Å². The second-order valence-electron chi connectivity index (χ2n) is 4.53. The number of hydrogen-bond donors (Lipinski definition) is 1. The fraction of sp³-hybridized carbons (Fsp3) is 0.429. The molecule has 0 aliphatic carbocycles. The minimum absolute atomic E-state index is 0.217. The number of rotatable bonds is 3. The van der Waals surface area contributed by atoms with Crippen LogP contribution in [0, 0.1) is 11.3 Å². The van der Waals surface area contributed by atoms with Crippen LogP contribution in [0.4, 0.5) is 5.69 Å². The van der Waals surface area contributed by atoms with E-state index in [9.17, 15) is 4.79 Å². The van der Waals surface area contributed by atoms with Gasteiger partial charge < -0.3 is 24.8 Å². The van der Waals surface area contributed by atoms with Gasteiger partial charge in [0.25, 0.3) is 5.91 Å². The molecule has 0 bridgehead atoms. The van der Waals surface area contributed by atoms with Crippen LogP contribution in [0.15, 0.2) is 12.1 Å². The largest absolute Gasteiger partial charge is 0.497 e. The van der Waals surface area contributed by atoms with Crippen LogP contribution in [-0.2, 0) is 4.74 Å². The molecule has 1 atom stereocenters. The summed E-state index contributed by atoms with van der Waals surface area (Å²) in [6, 6.07) is 5.18. The van der Waals surface area contributed by atoms with Gasteiger partial charge in [-0.25, -0.2) is 0 Å². The van der Waals surface area contributed by atoms with E-state index in [1.807, 2.05) is 6.07 Å². The maximum absolute atomic E-state index is 12.6. The van der Waals surface area contributed by atoms with E-state index >= 15 is 0 Å². The van der Waals surface area contributed by atoms with Crippen molar-refractivity contribution in [3.8, 4) is 17.6 Å². The zero-order chi connectivity index (χ0) is 15.4. The highest BCUT2D eigenvalue weighted by molar-refractivity contribution is 6.01. The average molecular weight is 291 g/mol. The van der Waals surface area contributed by atoms with E-state index in [1.165, 1.54) is 14.2 Å². The van der Waals surface area contributed by atoms with Crippen LogP contribution in [-0.4, -0.2) is 50.8 Å². The molecule has 112 valence electrons. The van der Waals surface area contributed by atoms with Gasteiger partial charge in [0.15, 0.2) is 6.10 Å². The highest BCUT2D eigenvalue weighted by Gasteiger charge is 2.27. The van der Waals surface area contributed by atoms with Crippen LogP contribution in [0.5, 0.6) is 11.5 Å². The molecular weight excluding hydrogens is 274 g/mol. The van der Waals surface area contributed by atoms with E-state index in [1.54, 1.807) is 17.0 Å². The van der Waals surface area contributed by atoms with Gasteiger partial charge in [-0.05, 0) is 6.07 Å². The SMILES string of the molecule is COc1cc(OC)c(N)c(C(=O)N2CCOC(C#N)C2)c1. The molecule has 21 heavy (non-hydrogen) atoms. The monoisotopic (exact) mass is 291 g/mol. The molecule has 1 aromatic rings. The maximum atomic E-state index is 12.6. The molecule has 1 aliphatic rings. The van der Waals surface area contributed by atoms with Gasteiger partial charge in [0.2, 0.25) is 0 Å². The summed E-state index contributed by atoms with van der Waals surface area (Å²) in [5.41, 5.74) is 6.52.